The molecular weight excluding hydrogens is 232 g/mol. The number of piperidine rings is 1. The van der Waals surface area contributed by atoms with Crippen molar-refractivity contribution in [1.82, 2.24) is 5.32 Å². The van der Waals surface area contributed by atoms with Crippen LogP contribution in [0.1, 0.15) is 24.3 Å². The first-order valence-electron chi connectivity index (χ1n) is 6.99. The lowest BCUT2D eigenvalue weighted by molar-refractivity contribution is 0.460. The van der Waals surface area contributed by atoms with E-state index in [-0.39, 0.29) is 0 Å². The van der Waals surface area contributed by atoms with Gasteiger partial charge >= 0.3 is 0 Å². The molecule has 1 saturated heterocycles. The van der Waals surface area contributed by atoms with Crippen LogP contribution in [0.3, 0.4) is 0 Å². The van der Waals surface area contributed by atoms with Crippen LogP contribution in [0.2, 0.25) is 0 Å². The fourth-order valence-corrected chi connectivity index (χ4v) is 2.85. The first kappa shape index (κ1) is 12.2. The van der Waals surface area contributed by atoms with Crippen LogP contribution in [0.15, 0.2) is 48.5 Å². The number of nitrogens with one attached hydrogen (secondary N) is 1. The van der Waals surface area contributed by atoms with Gasteiger partial charge in [0.15, 0.2) is 0 Å². The van der Waals surface area contributed by atoms with Gasteiger partial charge in [-0.05, 0) is 60.7 Å². The van der Waals surface area contributed by atoms with Gasteiger partial charge in [0.25, 0.3) is 0 Å². The summed E-state index contributed by atoms with van der Waals surface area (Å²) in [5, 5.41) is 3.42. The van der Waals surface area contributed by atoms with E-state index in [9.17, 15) is 0 Å². The van der Waals surface area contributed by atoms with Crippen molar-refractivity contribution in [2.75, 3.05) is 18.8 Å². The van der Waals surface area contributed by atoms with Gasteiger partial charge in [-0.3, -0.25) is 0 Å². The van der Waals surface area contributed by atoms with Crippen molar-refractivity contribution in [2.45, 2.75) is 18.8 Å². The number of nitrogens with two attached hydrogens (primary N) is 1. The van der Waals surface area contributed by atoms with Crippen molar-refractivity contribution >= 4 is 5.69 Å². The fraction of sp³-hybridized carbons (Fsp3) is 0.294. The summed E-state index contributed by atoms with van der Waals surface area (Å²) in [5.41, 5.74) is 10.6. The van der Waals surface area contributed by atoms with E-state index in [0.29, 0.717) is 5.92 Å². The van der Waals surface area contributed by atoms with Crippen LogP contribution < -0.4 is 11.1 Å². The smallest absolute Gasteiger partial charge is 0.0320 e. The van der Waals surface area contributed by atoms with Crippen molar-refractivity contribution in [3.05, 3.63) is 54.1 Å². The summed E-state index contributed by atoms with van der Waals surface area (Å²) in [7, 11) is 0. The zero-order valence-corrected chi connectivity index (χ0v) is 11.1. The van der Waals surface area contributed by atoms with E-state index >= 15 is 0 Å². The Morgan fingerprint density at radius 1 is 0.895 bits per heavy atom. The first-order chi connectivity index (χ1) is 9.33. The Labute approximate surface area is 114 Å². The third-order valence-corrected chi connectivity index (χ3v) is 3.92. The monoisotopic (exact) mass is 252 g/mol. The standard InChI is InChI=1S/C17H20N2/c18-17-6-2-5-16(12-17)15-4-1-3-14(11-15)13-7-9-19-10-8-13/h1-6,11-13,19H,7-10,18H2. The molecule has 1 aliphatic heterocycles. The van der Waals surface area contributed by atoms with Crippen molar-refractivity contribution in [1.29, 1.82) is 0 Å². The normalized spacial score (nSPS) is 16.4. The zero-order valence-electron chi connectivity index (χ0n) is 11.1. The highest BCUT2D eigenvalue weighted by molar-refractivity contribution is 5.68. The summed E-state index contributed by atoms with van der Waals surface area (Å²) in [5.74, 6) is 0.697. The highest BCUT2D eigenvalue weighted by Gasteiger charge is 2.15. The van der Waals surface area contributed by atoms with Gasteiger partial charge in [-0.25, -0.2) is 0 Å². The molecule has 0 amide bonds. The molecule has 0 aliphatic carbocycles. The Morgan fingerprint density at radius 3 is 2.32 bits per heavy atom. The maximum absolute atomic E-state index is 5.87. The lowest BCUT2D eigenvalue weighted by atomic mass is 9.88. The number of hydrogen-bond acceptors (Lipinski definition) is 2. The topological polar surface area (TPSA) is 38.0 Å². The molecule has 3 N–H and O–H groups in total. The molecule has 0 spiro atoms. The lowest BCUT2D eigenvalue weighted by Crippen LogP contribution is -2.26. The molecule has 0 atom stereocenters. The number of benzene rings is 2. The van der Waals surface area contributed by atoms with E-state index in [1.807, 2.05) is 18.2 Å². The van der Waals surface area contributed by atoms with E-state index in [0.717, 1.165) is 18.8 Å². The Balaban J connectivity index is 1.91. The molecule has 0 aromatic heterocycles. The number of anilines is 1. The van der Waals surface area contributed by atoms with Gasteiger partial charge < -0.3 is 11.1 Å². The fourth-order valence-electron chi connectivity index (χ4n) is 2.85. The van der Waals surface area contributed by atoms with Crippen molar-refractivity contribution in [2.24, 2.45) is 0 Å². The van der Waals surface area contributed by atoms with Gasteiger partial charge in [-0.15, -0.1) is 0 Å². The largest absolute Gasteiger partial charge is 0.399 e. The summed E-state index contributed by atoms with van der Waals surface area (Å²) in [6.45, 7) is 2.26. The van der Waals surface area contributed by atoms with Gasteiger partial charge in [0, 0.05) is 5.69 Å². The summed E-state index contributed by atoms with van der Waals surface area (Å²) in [6, 6.07) is 17.0. The summed E-state index contributed by atoms with van der Waals surface area (Å²) < 4.78 is 0. The van der Waals surface area contributed by atoms with E-state index in [1.165, 1.54) is 29.5 Å². The average Bonchev–Trinajstić information content (AvgIpc) is 2.48. The van der Waals surface area contributed by atoms with Gasteiger partial charge in [0.05, 0.1) is 0 Å². The summed E-state index contributed by atoms with van der Waals surface area (Å²) >= 11 is 0. The van der Waals surface area contributed by atoms with Crippen LogP contribution in [0.5, 0.6) is 0 Å². The number of nitrogen functional groups attached to an aromatic ring is 1. The van der Waals surface area contributed by atoms with E-state index < -0.39 is 0 Å². The van der Waals surface area contributed by atoms with Crippen LogP contribution in [-0.2, 0) is 0 Å². The molecule has 1 aliphatic rings. The molecule has 2 heteroatoms. The number of rotatable bonds is 2. The second-order valence-electron chi connectivity index (χ2n) is 5.28. The molecular formula is C17H20N2. The molecule has 1 heterocycles. The quantitative estimate of drug-likeness (QED) is 0.804. The molecule has 0 unspecified atom stereocenters. The Morgan fingerprint density at radius 2 is 1.58 bits per heavy atom. The van der Waals surface area contributed by atoms with Gasteiger partial charge in [0.1, 0.15) is 0 Å². The molecule has 1 fully saturated rings. The second-order valence-corrected chi connectivity index (χ2v) is 5.28. The Hall–Kier alpha value is -1.80. The molecule has 98 valence electrons. The van der Waals surface area contributed by atoms with Gasteiger partial charge in [0.2, 0.25) is 0 Å². The van der Waals surface area contributed by atoms with Crippen LogP contribution in [0.25, 0.3) is 11.1 Å². The highest BCUT2D eigenvalue weighted by atomic mass is 14.9. The molecule has 0 bridgehead atoms. The first-order valence-corrected chi connectivity index (χ1v) is 6.99. The van der Waals surface area contributed by atoms with Gasteiger partial charge in [-0.2, -0.15) is 0 Å². The van der Waals surface area contributed by atoms with Crippen molar-refractivity contribution in [3.8, 4) is 11.1 Å². The van der Waals surface area contributed by atoms with E-state index in [2.05, 4.69) is 35.6 Å². The predicted molar refractivity (Wildman–Crippen MR) is 81.1 cm³/mol. The maximum Gasteiger partial charge on any atom is 0.0320 e. The summed E-state index contributed by atoms with van der Waals surface area (Å²) in [4.78, 5) is 0. The molecule has 19 heavy (non-hydrogen) atoms. The Kier molecular flexibility index (Phi) is 3.51. The SMILES string of the molecule is Nc1cccc(-c2cccc(C3CCNCC3)c2)c1. The average molecular weight is 252 g/mol. The molecule has 0 saturated carbocycles. The molecule has 0 radical (unpaired) electrons. The molecule has 2 aromatic carbocycles. The second kappa shape index (κ2) is 5.45. The van der Waals surface area contributed by atoms with Gasteiger partial charge in [-0.1, -0.05) is 36.4 Å². The van der Waals surface area contributed by atoms with E-state index in [1.54, 1.807) is 0 Å². The van der Waals surface area contributed by atoms with Crippen molar-refractivity contribution < 1.29 is 0 Å². The highest BCUT2D eigenvalue weighted by Crippen LogP contribution is 2.29. The summed E-state index contributed by atoms with van der Waals surface area (Å²) in [6.07, 6.45) is 2.47. The third-order valence-electron chi connectivity index (χ3n) is 3.92. The molecule has 2 aromatic rings. The van der Waals surface area contributed by atoms with E-state index in [4.69, 9.17) is 5.73 Å². The van der Waals surface area contributed by atoms with Crippen LogP contribution in [-0.4, -0.2) is 13.1 Å². The zero-order chi connectivity index (χ0) is 13.1. The Bertz CT molecular complexity index is 557. The third kappa shape index (κ3) is 2.79. The van der Waals surface area contributed by atoms with Crippen LogP contribution in [0, 0.1) is 0 Å². The molecule has 2 nitrogen and oxygen atoms in total. The lowest BCUT2D eigenvalue weighted by Gasteiger charge is -2.23. The molecule has 3 rings (SSSR count). The minimum Gasteiger partial charge on any atom is -0.399 e. The minimum absolute atomic E-state index is 0.697. The maximum atomic E-state index is 5.87. The van der Waals surface area contributed by atoms with Crippen LogP contribution >= 0.6 is 0 Å². The minimum atomic E-state index is 0.697. The predicted octanol–water partition coefficient (Wildman–Crippen LogP) is 3.40. The number of hydrogen-bond donors (Lipinski definition) is 2. The van der Waals surface area contributed by atoms with Crippen molar-refractivity contribution in [3.63, 3.8) is 0 Å². The van der Waals surface area contributed by atoms with Crippen LogP contribution in [0.4, 0.5) is 5.69 Å².